The van der Waals surface area contributed by atoms with Gasteiger partial charge in [0.2, 0.25) is 5.79 Å². The minimum Gasteiger partial charge on any atom is -0.464 e. The van der Waals surface area contributed by atoms with Gasteiger partial charge in [-0.3, -0.25) is 9.59 Å². The monoisotopic (exact) mass is 483 g/mol. The van der Waals surface area contributed by atoms with Crippen molar-refractivity contribution in [1.29, 1.82) is 0 Å². The SMILES string of the molecule is COC1CC(C[C@@H](C)COC(=O)[C@@H]2CCCCN2C(=O)C(=O)[C@]2(O)OCCC[C@H]2C)CC[C@H]1O. The van der Waals surface area contributed by atoms with Gasteiger partial charge in [-0.15, -0.1) is 0 Å². The molecule has 3 aliphatic rings. The van der Waals surface area contributed by atoms with Crippen LogP contribution in [-0.2, 0) is 28.6 Å². The molecular weight excluding hydrogens is 442 g/mol. The lowest BCUT2D eigenvalue weighted by Crippen LogP contribution is -2.59. The molecule has 1 amide bonds. The highest BCUT2D eigenvalue weighted by atomic mass is 16.6. The van der Waals surface area contributed by atoms with E-state index in [0.29, 0.717) is 31.6 Å². The Morgan fingerprint density at radius 3 is 2.62 bits per heavy atom. The molecule has 0 aromatic carbocycles. The number of Topliss-reactive ketones (excluding diaryl/α,β-unsaturated/α-hetero) is 1. The number of amides is 1. The molecule has 2 N–H and O–H groups in total. The Bertz CT molecular complexity index is 730. The first kappa shape index (κ1) is 27.0. The van der Waals surface area contributed by atoms with E-state index in [1.54, 1.807) is 14.0 Å². The van der Waals surface area contributed by atoms with Crippen molar-refractivity contribution in [1.82, 2.24) is 4.90 Å². The minimum absolute atomic E-state index is 0.119. The van der Waals surface area contributed by atoms with E-state index in [0.717, 1.165) is 32.1 Å². The van der Waals surface area contributed by atoms with Gasteiger partial charge in [0.15, 0.2) is 0 Å². The maximum atomic E-state index is 13.0. The van der Waals surface area contributed by atoms with E-state index >= 15 is 0 Å². The molecule has 0 aromatic rings. The van der Waals surface area contributed by atoms with Crippen LogP contribution in [0, 0.1) is 17.8 Å². The fraction of sp³-hybridized carbons (Fsp3) is 0.880. The van der Waals surface area contributed by atoms with Gasteiger partial charge >= 0.3 is 5.97 Å². The third kappa shape index (κ3) is 6.17. The summed E-state index contributed by atoms with van der Waals surface area (Å²) >= 11 is 0. The molecular formula is C25H41NO8. The predicted octanol–water partition coefficient (Wildman–Crippen LogP) is 1.82. The number of rotatable bonds is 8. The average Bonchev–Trinajstić information content (AvgIpc) is 2.84. The molecule has 9 heteroatoms. The lowest BCUT2D eigenvalue weighted by molar-refractivity contribution is -0.240. The second-order valence-corrected chi connectivity index (χ2v) is 10.4. The summed E-state index contributed by atoms with van der Waals surface area (Å²) in [5.41, 5.74) is 0. The van der Waals surface area contributed by atoms with Crippen molar-refractivity contribution in [3.8, 4) is 0 Å². The first-order chi connectivity index (χ1) is 16.2. The number of piperidine rings is 1. The van der Waals surface area contributed by atoms with Crippen LogP contribution in [0.25, 0.3) is 0 Å². The summed E-state index contributed by atoms with van der Waals surface area (Å²) in [6, 6.07) is -0.831. The molecule has 9 nitrogen and oxygen atoms in total. The Balaban J connectivity index is 1.54. The maximum absolute atomic E-state index is 13.0. The largest absolute Gasteiger partial charge is 0.464 e. The highest BCUT2D eigenvalue weighted by Crippen LogP contribution is 2.32. The van der Waals surface area contributed by atoms with E-state index < -0.39 is 41.5 Å². The van der Waals surface area contributed by atoms with E-state index in [9.17, 15) is 24.6 Å². The molecule has 2 aliphatic heterocycles. The number of aliphatic hydroxyl groups excluding tert-OH is 1. The van der Waals surface area contributed by atoms with Crippen LogP contribution in [0.15, 0.2) is 0 Å². The van der Waals surface area contributed by atoms with Crippen LogP contribution in [0.5, 0.6) is 0 Å². The number of ether oxygens (including phenoxy) is 3. The second kappa shape index (κ2) is 11.9. The van der Waals surface area contributed by atoms with Crippen LogP contribution in [0.3, 0.4) is 0 Å². The molecule has 7 atom stereocenters. The van der Waals surface area contributed by atoms with Crippen molar-refractivity contribution in [3.63, 3.8) is 0 Å². The molecule has 2 saturated heterocycles. The van der Waals surface area contributed by atoms with Gasteiger partial charge in [0.05, 0.1) is 25.4 Å². The van der Waals surface area contributed by atoms with E-state index in [2.05, 4.69) is 0 Å². The number of hydrogen-bond donors (Lipinski definition) is 2. The summed E-state index contributed by atoms with van der Waals surface area (Å²) in [5, 5.41) is 20.7. The minimum atomic E-state index is -2.14. The molecule has 0 aromatic heterocycles. The average molecular weight is 484 g/mol. The first-order valence-corrected chi connectivity index (χ1v) is 12.8. The Morgan fingerprint density at radius 1 is 1.15 bits per heavy atom. The molecule has 2 heterocycles. The predicted molar refractivity (Wildman–Crippen MR) is 123 cm³/mol. The number of likely N-dealkylation sites (tertiary alicyclic amines) is 1. The molecule has 2 unspecified atom stereocenters. The van der Waals surface area contributed by atoms with Gasteiger partial charge in [-0.25, -0.2) is 4.79 Å². The second-order valence-electron chi connectivity index (χ2n) is 10.4. The third-order valence-corrected chi connectivity index (χ3v) is 7.74. The summed E-state index contributed by atoms with van der Waals surface area (Å²) < 4.78 is 16.3. The molecule has 0 spiro atoms. The van der Waals surface area contributed by atoms with Crippen LogP contribution in [-0.4, -0.2) is 83.7 Å². The molecule has 34 heavy (non-hydrogen) atoms. The summed E-state index contributed by atoms with van der Waals surface area (Å²) in [5.74, 6) is -4.50. The molecule has 1 aliphatic carbocycles. The lowest BCUT2D eigenvalue weighted by atomic mass is 9.80. The van der Waals surface area contributed by atoms with Crippen LogP contribution in [0.4, 0.5) is 0 Å². The zero-order valence-corrected chi connectivity index (χ0v) is 20.7. The van der Waals surface area contributed by atoms with Crippen LogP contribution in [0.1, 0.15) is 71.6 Å². The van der Waals surface area contributed by atoms with Gasteiger partial charge in [-0.2, -0.15) is 0 Å². The fourth-order valence-corrected chi connectivity index (χ4v) is 5.57. The molecule has 0 bridgehead atoms. The zero-order valence-electron chi connectivity index (χ0n) is 20.7. The van der Waals surface area contributed by atoms with E-state index in [1.165, 1.54) is 4.90 Å². The Labute approximate surface area is 202 Å². The maximum Gasteiger partial charge on any atom is 0.328 e. The van der Waals surface area contributed by atoms with Crippen molar-refractivity contribution in [2.75, 3.05) is 26.9 Å². The fourth-order valence-electron chi connectivity index (χ4n) is 5.57. The van der Waals surface area contributed by atoms with Gasteiger partial charge < -0.3 is 29.3 Å². The van der Waals surface area contributed by atoms with Gasteiger partial charge in [-0.05, 0) is 69.6 Å². The Morgan fingerprint density at radius 2 is 1.91 bits per heavy atom. The quantitative estimate of drug-likeness (QED) is 0.396. The standard InChI is InChI=1S/C25H41NO8/c1-16(13-18-9-10-20(27)21(14-18)32-3)15-33-24(30)19-8-4-5-11-26(19)23(29)22(28)25(31)17(2)7-6-12-34-25/h16-21,27,31H,4-15H2,1-3H3/t16-,17-,18?,19+,20-,21?,25-/m1/s1. The molecule has 3 rings (SSSR count). The van der Waals surface area contributed by atoms with Crippen LogP contribution >= 0.6 is 0 Å². The highest BCUT2D eigenvalue weighted by Gasteiger charge is 2.50. The number of ketones is 1. The van der Waals surface area contributed by atoms with Crippen LogP contribution in [0.2, 0.25) is 0 Å². The molecule has 1 saturated carbocycles. The summed E-state index contributed by atoms with van der Waals surface area (Å²) in [6.45, 7) is 4.42. The smallest absolute Gasteiger partial charge is 0.328 e. The number of aliphatic hydroxyl groups is 2. The lowest BCUT2D eigenvalue weighted by Gasteiger charge is -2.39. The summed E-state index contributed by atoms with van der Waals surface area (Å²) in [4.78, 5) is 40.1. The Hall–Kier alpha value is -1.55. The number of carbonyl (C=O) groups is 3. The third-order valence-electron chi connectivity index (χ3n) is 7.74. The van der Waals surface area contributed by atoms with Gasteiger partial charge in [0.1, 0.15) is 6.04 Å². The summed E-state index contributed by atoms with van der Waals surface area (Å²) in [6.07, 6.45) is 5.85. The number of carbonyl (C=O) groups excluding carboxylic acids is 3. The normalized spacial score (nSPS) is 35.4. The van der Waals surface area contributed by atoms with E-state index in [-0.39, 0.29) is 31.8 Å². The molecule has 194 valence electrons. The van der Waals surface area contributed by atoms with Crippen LogP contribution < -0.4 is 0 Å². The van der Waals surface area contributed by atoms with Crippen molar-refractivity contribution in [2.45, 2.75) is 95.7 Å². The van der Waals surface area contributed by atoms with Gasteiger partial charge in [-0.1, -0.05) is 13.8 Å². The number of esters is 1. The van der Waals surface area contributed by atoms with Gasteiger partial charge in [0, 0.05) is 19.6 Å². The van der Waals surface area contributed by atoms with Crippen molar-refractivity contribution < 1.29 is 38.8 Å². The molecule has 3 fully saturated rings. The molecule has 0 radical (unpaired) electrons. The van der Waals surface area contributed by atoms with E-state index in [1.807, 2.05) is 6.92 Å². The van der Waals surface area contributed by atoms with Crippen molar-refractivity contribution in [2.24, 2.45) is 17.8 Å². The Kier molecular flexibility index (Phi) is 9.49. The number of nitrogens with zero attached hydrogens (tertiary/aromatic N) is 1. The van der Waals surface area contributed by atoms with Crippen molar-refractivity contribution in [3.05, 3.63) is 0 Å². The van der Waals surface area contributed by atoms with E-state index in [4.69, 9.17) is 14.2 Å². The zero-order chi connectivity index (χ0) is 24.9. The first-order valence-electron chi connectivity index (χ1n) is 12.8. The topological polar surface area (TPSA) is 123 Å². The van der Waals surface area contributed by atoms with Crippen molar-refractivity contribution >= 4 is 17.7 Å². The summed E-state index contributed by atoms with van der Waals surface area (Å²) in [7, 11) is 1.61. The highest BCUT2D eigenvalue weighted by molar-refractivity contribution is 6.39. The number of methoxy groups -OCH3 is 1. The van der Waals surface area contributed by atoms with Gasteiger partial charge in [0.25, 0.3) is 11.7 Å². The number of hydrogen-bond acceptors (Lipinski definition) is 8.